The zero-order valence-corrected chi connectivity index (χ0v) is 15.1. The Balaban J connectivity index is 2.08. The van der Waals surface area contributed by atoms with Crippen LogP contribution in [0.4, 0.5) is 18.9 Å². The number of alkyl halides is 2. The molecule has 0 amide bonds. The number of carbonyl (C=O) groups is 1. The van der Waals surface area contributed by atoms with Crippen molar-refractivity contribution in [3.8, 4) is 11.5 Å². The van der Waals surface area contributed by atoms with Gasteiger partial charge in [0.1, 0.15) is 5.82 Å². The maximum absolute atomic E-state index is 13.5. The standard InChI is InChI=1S/C18H12F3NO5S/c1-26-14-5-9(13(22(24)25)7-15(14)27-18(20)21)4-10-8-28-16-3-2-11(19)6-12(16)17(10)23/h2-7,18H,8H2,1H3. The Hall–Kier alpha value is -3.01. The Morgan fingerprint density at radius 2 is 2.00 bits per heavy atom. The molecule has 1 heterocycles. The quantitative estimate of drug-likeness (QED) is 0.403. The van der Waals surface area contributed by atoms with Crippen molar-refractivity contribution in [2.75, 3.05) is 12.9 Å². The Bertz CT molecular complexity index is 993. The van der Waals surface area contributed by atoms with Crippen LogP contribution in [0, 0.1) is 15.9 Å². The van der Waals surface area contributed by atoms with Gasteiger partial charge in [-0.1, -0.05) is 0 Å². The van der Waals surface area contributed by atoms with E-state index in [4.69, 9.17) is 4.74 Å². The lowest BCUT2D eigenvalue weighted by atomic mass is 10.0. The molecule has 2 aromatic carbocycles. The normalized spacial score (nSPS) is 14.9. The van der Waals surface area contributed by atoms with Crippen molar-refractivity contribution < 1.29 is 32.4 Å². The molecular weight excluding hydrogens is 399 g/mol. The predicted octanol–water partition coefficient (Wildman–Crippen LogP) is 4.72. The molecule has 3 rings (SSSR count). The highest BCUT2D eigenvalue weighted by Gasteiger charge is 2.26. The van der Waals surface area contributed by atoms with Gasteiger partial charge < -0.3 is 9.47 Å². The number of ketones is 1. The predicted molar refractivity (Wildman–Crippen MR) is 95.7 cm³/mol. The number of ether oxygens (including phenoxy) is 2. The van der Waals surface area contributed by atoms with Crippen molar-refractivity contribution in [3.63, 3.8) is 0 Å². The largest absolute Gasteiger partial charge is 0.493 e. The van der Waals surface area contributed by atoms with Crippen LogP contribution in [0.2, 0.25) is 0 Å². The van der Waals surface area contributed by atoms with Crippen molar-refractivity contribution in [3.05, 3.63) is 63.0 Å². The minimum absolute atomic E-state index is 0.0210. The molecule has 0 unspecified atom stereocenters. The van der Waals surface area contributed by atoms with Gasteiger partial charge in [-0.3, -0.25) is 14.9 Å². The van der Waals surface area contributed by atoms with E-state index in [2.05, 4.69) is 4.74 Å². The third-order valence-corrected chi connectivity index (χ3v) is 5.04. The van der Waals surface area contributed by atoms with Crippen LogP contribution in [0.5, 0.6) is 11.5 Å². The Kier molecular flexibility index (Phi) is 5.59. The van der Waals surface area contributed by atoms with Crippen molar-refractivity contribution in [1.82, 2.24) is 0 Å². The Labute approximate surface area is 161 Å². The summed E-state index contributed by atoms with van der Waals surface area (Å²) in [6, 6.07) is 5.79. The van der Waals surface area contributed by atoms with Gasteiger partial charge in [0.05, 0.1) is 23.7 Å². The number of fused-ring (bicyclic) bond motifs is 1. The molecule has 0 aliphatic carbocycles. The number of thioether (sulfide) groups is 1. The minimum Gasteiger partial charge on any atom is -0.493 e. The Morgan fingerprint density at radius 1 is 1.25 bits per heavy atom. The monoisotopic (exact) mass is 411 g/mol. The van der Waals surface area contributed by atoms with Gasteiger partial charge in [0.2, 0.25) is 0 Å². The smallest absolute Gasteiger partial charge is 0.387 e. The fraction of sp³-hybridized carbons (Fsp3) is 0.167. The zero-order valence-electron chi connectivity index (χ0n) is 14.3. The van der Waals surface area contributed by atoms with E-state index in [1.165, 1.54) is 37.1 Å². The van der Waals surface area contributed by atoms with Gasteiger partial charge in [0.25, 0.3) is 5.69 Å². The van der Waals surface area contributed by atoms with E-state index in [0.29, 0.717) is 4.90 Å². The topological polar surface area (TPSA) is 78.7 Å². The first-order chi connectivity index (χ1) is 13.3. The average Bonchev–Trinajstić information content (AvgIpc) is 2.64. The Morgan fingerprint density at radius 3 is 2.64 bits per heavy atom. The molecule has 0 atom stereocenters. The summed E-state index contributed by atoms with van der Waals surface area (Å²) in [5.74, 6) is -1.47. The van der Waals surface area contributed by atoms with Crippen LogP contribution in [0.15, 0.2) is 40.8 Å². The highest BCUT2D eigenvalue weighted by Crippen LogP contribution is 2.39. The molecule has 28 heavy (non-hydrogen) atoms. The molecule has 0 saturated carbocycles. The van der Waals surface area contributed by atoms with Crippen LogP contribution in [0.1, 0.15) is 15.9 Å². The summed E-state index contributed by atoms with van der Waals surface area (Å²) >= 11 is 1.28. The van der Waals surface area contributed by atoms with Crippen LogP contribution in [0.25, 0.3) is 6.08 Å². The molecule has 0 N–H and O–H groups in total. The summed E-state index contributed by atoms with van der Waals surface area (Å²) in [4.78, 5) is 23.9. The van der Waals surface area contributed by atoms with Gasteiger partial charge in [-0.2, -0.15) is 8.78 Å². The molecule has 0 spiro atoms. The zero-order chi connectivity index (χ0) is 20.4. The lowest BCUT2D eigenvalue weighted by Gasteiger charge is -2.17. The fourth-order valence-electron chi connectivity index (χ4n) is 2.68. The second-order valence-electron chi connectivity index (χ2n) is 5.63. The van der Waals surface area contributed by atoms with E-state index in [1.54, 1.807) is 0 Å². The SMILES string of the molecule is COc1cc(C=C2CSc3ccc(F)cc3C2=O)c([N+](=O)[O-])cc1OC(F)F. The molecular formula is C18H12F3NO5S. The van der Waals surface area contributed by atoms with Crippen molar-refractivity contribution in [1.29, 1.82) is 0 Å². The number of nitro groups is 1. The van der Waals surface area contributed by atoms with Crippen LogP contribution < -0.4 is 9.47 Å². The molecule has 0 fully saturated rings. The number of Topliss-reactive ketones (excluding diaryl/α,β-unsaturated/α-hetero) is 1. The van der Waals surface area contributed by atoms with Crippen LogP contribution in [-0.2, 0) is 0 Å². The van der Waals surface area contributed by atoms with E-state index < -0.39 is 34.6 Å². The number of benzene rings is 2. The molecule has 2 aromatic rings. The van der Waals surface area contributed by atoms with Gasteiger partial charge >= 0.3 is 6.61 Å². The number of rotatable bonds is 5. The fourth-order valence-corrected chi connectivity index (χ4v) is 3.68. The third kappa shape index (κ3) is 3.96. The summed E-state index contributed by atoms with van der Waals surface area (Å²) in [5.41, 5.74) is -0.190. The highest BCUT2D eigenvalue weighted by molar-refractivity contribution is 7.99. The van der Waals surface area contributed by atoms with Gasteiger partial charge in [0, 0.05) is 21.8 Å². The first kappa shape index (κ1) is 19.7. The van der Waals surface area contributed by atoms with Crippen LogP contribution >= 0.6 is 11.8 Å². The lowest BCUT2D eigenvalue weighted by Crippen LogP contribution is -2.13. The number of halogens is 3. The maximum atomic E-state index is 13.5. The summed E-state index contributed by atoms with van der Waals surface area (Å²) in [5, 5.41) is 11.4. The van der Waals surface area contributed by atoms with E-state index in [1.807, 2.05) is 0 Å². The molecule has 146 valence electrons. The second-order valence-corrected chi connectivity index (χ2v) is 6.64. The molecule has 0 bridgehead atoms. The summed E-state index contributed by atoms with van der Waals surface area (Å²) in [7, 11) is 1.19. The number of nitrogens with zero attached hydrogens (tertiary/aromatic N) is 1. The number of hydrogen-bond donors (Lipinski definition) is 0. The first-order valence-electron chi connectivity index (χ1n) is 7.79. The highest BCUT2D eigenvalue weighted by atomic mass is 32.2. The summed E-state index contributed by atoms with van der Waals surface area (Å²) in [6.07, 6.45) is 1.27. The van der Waals surface area contributed by atoms with Crippen LogP contribution in [0.3, 0.4) is 0 Å². The van der Waals surface area contributed by atoms with Crippen molar-refractivity contribution in [2.24, 2.45) is 0 Å². The van der Waals surface area contributed by atoms with Crippen LogP contribution in [-0.4, -0.2) is 30.2 Å². The molecule has 6 nitrogen and oxygen atoms in total. The molecule has 10 heteroatoms. The van der Waals surface area contributed by atoms with Crippen molar-refractivity contribution >= 4 is 29.3 Å². The van der Waals surface area contributed by atoms with E-state index in [-0.39, 0.29) is 28.2 Å². The lowest BCUT2D eigenvalue weighted by molar-refractivity contribution is -0.385. The first-order valence-corrected chi connectivity index (χ1v) is 8.77. The van der Waals surface area contributed by atoms with E-state index >= 15 is 0 Å². The number of carbonyl (C=O) groups excluding carboxylic acids is 1. The summed E-state index contributed by atoms with van der Waals surface area (Å²) < 4.78 is 47.8. The second kappa shape index (κ2) is 7.93. The molecule has 0 radical (unpaired) electrons. The molecule has 1 aliphatic rings. The van der Waals surface area contributed by atoms with Crippen molar-refractivity contribution in [2.45, 2.75) is 11.5 Å². The molecule has 0 aromatic heterocycles. The third-order valence-electron chi connectivity index (χ3n) is 3.92. The van der Waals surface area contributed by atoms with Gasteiger partial charge in [0.15, 0.2) is 17.3 Å². The van der Waals surface area contributed by atoms with Gasteiger partial charge in [-0.15, -0.1) is 11.8 Å². The number of hydrogen-bond acceptors (Lipinski definition) is 6. The average molecular weight is 411 g/mol. The van der Waals surface area contributed by atoms with Gasteiger partial charge in [-0.05, 0) is 30.3 Å². The molecule has 1 aliphatic heterocycles. The van der Waals surface area contributed by atoms with E-state index in [0.717, 1.165) is 18.2 Å². The summed E-state index contributed by atoms with van der Waals surface area (Å²) in [6.45, 7) is -3.19. The van der Waals surface area contributed by atoms with Gasteiger partial charge in [-0.25, -0.2) is 4.39 Å². The van der Waals surface area contributed by atoms with E-state index in [9.17, 15) is 28.1 Å². The minimum atomic E-state index is -3.19. The number of methoxy groups -OCH3 is 1. The maximum Gasteiger partial charge on any atom is 0.387 e. The molecule has 0 saturated heterocycles. The number of nitro benzene ring substituents is 1.